The highest BCUT2D eigenvalue weighted by atomic mass is 16.5. The number of anilines is 1. The fourth-order valence-electron chi connectivity index (χ4n) is 1.32. The molecular weight excluding hydrogens is 206 g/mol. The summed E-state index contributed by atoms with van der Waals surface area (Å²) in [5.74, 6) is 1.42. The molecule has 0 fully saturated rings. The zero-order valence-electron chi connectivity index (χ0n) is 9.66. The predicted molar refractivity (Wildman–Crippen MR) is 63.1 cm³/mol. The number of hydrogen-bond acceptors (Lipinski definition) is 3. The molecule has 0 saturated heterocycles. The monoisotopic (exact) mass is 223 g/mol. The van der Waals surface area contributed by atoms with Gasteiger partial charge in [-0.25, -0.2) is 0 Å². The molecule has 1 aromatic rings. The Morgan fingerprint density at radius 3 is 2.56 bits per heavy atom. The van der Waals surface area contributed by atoms with Crippen molar-refractivity contribution in [2.75, 3.05) is 18.5 Å². The van der Waals surface area contributed by atoms with E-state index in [1.165, 1.54) is 0 Å². The minimum atomic E-state index is 0.638. The van der Waals surface area contributed by atoms with Crippen LogP contribution in [0.2, 0.25) is 0 Å². The third kappa shape index (κ3) is 3.15. The minimum absolute atomic E-state index is 0.638. The molecule has 0 aromatic heterocycles. The van der Waals surface area contributed by atoms with Crippen LogP contribution in [0.5, 0.6) is 11.5 Å². The summed E-state index contributed by atoms with van der Waals surface area (Å²) in [5.41, 5.74) is 0.712. The number of benzene rings is 1. The van der Waals surface area contributed by atoms with E-state index in [0.29, 0.717) is 31.1 Å². The maximum Gasteiger partial charge on any atom is 0.211 e. The quantitative estimate of drug-likeness (QED) is 0.783. The molecule has 0 atom stereocenters. The molecule has 0 bridgehead atoms. The first kappa shape index (κ1) is 12.4. The average molecular weight is 223 g/mol. The second-order valence-electron chi connectivity index (χ2n) is 2.97. The molecule has 1 aliphatic rings. The van der Waals surface area contributed by atoms with E-state index in [0.717, 1.165) is 12.2 Å². The van der Waals surface area contributed by atoms with Crippen LogP contribution in [0.1, 0.15) is 20.3 Å². The van der Waals surface area contributed by atoms with E-state index in [-0.39, 0.29) is 0 Å². The summed E-state index contributed by atoms with van der Waals surface area (Å²) in [4.78, 5) is 10.2. The topological polar surface area (TPSA) is 47.6 Å². The fraction of sp³-hybridized carbons (Fsp3) is 0.417. The molecule has 1 N–H and O–H groups in total. The van der Waals surface area contributed by atoms with E-state index >= 15 is 0 Å². The van der Waals surface area contributed by atoms with Gasteiger partial charge in [0.05, 0.1) is 13.2 Å². The van der Waals surface area contributed by atoms with Crippen molar-refractivity contribution in [3.8, 4) is 11.5 Å². The first-order chi connectivity index (χ1) is 7.90. The maximum absolute atomic E-state index is 10.2. The van der Waals surface area contributed by atoms with Gasteiger partial charge in [-0.15, -0.1) is 0 Å². The zero-order valence-corrected chi connectivity index (χ0v) is 9.66. The van der Waals surface area contributed by atoms with E-state index in [1.54, 1.807) is 18.2 Å². The van der Waals surface area contributed by atoms with Gasteiger partial charge in [0.2, 0.25) is 6.41 Å². The number of carbonyl (C=O) groups excluding carboxylic acids is 1. The summed E-state index contributed by atoms with van der Waals surface area (Å²) >= 11 is 0. The minimum Gasteiger partial charge on any atom is -0.490 e. The van der Waals surface area contributed by atoms with Gasteiger partial charge in [0.25, 0.3) is 0 Å². The van der Waals surface area contributed by atoms with Crippen molar-refractivity contribution in [3.63, 3.8) is 0 Å². The summed E-state index contributed by atoms with van der Waals surface area (Å²) in [7, 11) is 0. The summed E-state index contributed by atoms with van der Waals surface area (Å²) in [6.07, 6.45) is 1.52. The predicted octanol–water partition coefficient (Wildman–Crippen LogP) is 2.44. The molecular formula is C12H17NO3. The van der Waals surface area contributed by atoms with E-state index in [4.69, 9.17) is 9.47 Å². The van der Waals surface area contributed by atoms with Gasteiger partial charge in [0, 0.05) is 18.2 Å². The summed E-state index contributed by atoms with van der Waals surface area (Å²) < 4.78 is 10.9. The smallest absolute Gasteiger partial charge is 0.211 e. The number of amides is 1. The normalized spacial score (nSPS) is 12.9. The van der Waals surface area contributed by atoms with Gasteiger partial charge in [-0.2, -0.15) is 0 Å². The summed E-state index contributed by atoms with van der Waals surface area (Å²) in [6, 6.07) is 5.34. The number of hydrogen-bond donors (Lipinski definition) is 1. The lowest BCUT2D eigenvalue weighted by molar-refractivity contribution is -0.105. The second kappa shape index (κ2) is 6.71. The van der Waals surface area contributed by atoms with Crippen molar-refractivity contribution in [1.82, 2.24) is 0 Å². The lowest BCUT2D eigenvalue weighted by Gasteiger charge is -2.08. The van der Waals surface area contributed by atoms with Crippen LogP contribution in [-0.2, 0) is 4.79 Å². The van der Waals surface area contributed by atoms with Crippen LogP contribution in [-0.4, -0.2) is 19.6 Å². The van der Waals surface area contributed by atoms with E-state index in [1.807, 2.05) is 13.8 Å². The Bertz CT molecular complexity index is 339. The standard InChI is InChI=1S/C10H11NO3.C2H6/c12-7-11-8-2-3-9-10(6-8)14-5-1-4-13-9;1-2/h2-3,6-7H,1,4-5H2,(H,11,12);1-2H3. The first-order valence-electron chi connectivity index (χ1n) is 5.50. The van der Waals surface area contributed by atoms with E-state index in [9.17, 15) is 4.79 Å². The van der Waals surface area contributed by atoms with Gasteiger partial charge in [-0.1, -0.05) is 13.8 Å². The Kier molecular flexibility index (Phi) is 5.19. The Morgan fingerprint density at radius 1 is 1.19 bits per heavy atom. The van der Waals surface area contributed by atoms with Gasteiger partial charge in [0.15, 0.2) is 11.5 Å². The third-order valence-electron chi connectivity index (χ3n) is 1.97. The number of fused-ring (bicyclic) bond motifs is 1. The maximum atomic E-state index is 10.2. The van der Waals surface area contributed by atoms with Crippen molar-refractivity contribution in [2.45, 2.75) is 20.3 Å². The number of carbonyl (C=O) groups is 1. The molecule has 4 nitrogen and oxygen atoms in total. The van der Waals surface area contributed by atoms with Crippen molar-refractivity contribution in [2.24, 2.45) is 0 Å². The van der Waals surface area contributed by atoms with E-state index in [2.05, 4.69) is 5.32 Å². The van der Waals surface area contributed by atoms with Crippen molar-refractivity contribution in [1.29, 1.82) is 0 Å². The van der Waals surface area contributed by atoms with Crippen LogP contribution < -0.4 is 14.8 Å². The molecule has 88 valence electrons. The van der Waals surface area contributed by atoms with Crippen molar-refractivity contribution in [3.05, 3.63) is 18.2 Å². The SMILES string of the molecule is CC.O=CNc1ccc2c(c1)OCCCO2. The fourth-order valence-corrected chi connectivity index (χ4v) is 1.32. The van der Waals surface area contributed by atoms with Crippen LogP contribution in [0.15, 0.2) is 18.2 Å². The van der Waals surface area contributed by atoms with Gasteiger partial charge >= 0.3 is 0 Å². The zero-order chi connectivity index (χ0) is 11.8. The Balaban J connectivity index is 0.000000606. The Morgan fingerprint density at radius 2 is 1.88 bits per heavy atom. The van der Waals surface area contributed by atoms with Gasteiger partial charge in [-0.05, 0) is 12.1 Å². The van der Waals surface area contributed by atoms with Gasteiger partial charge < -0.3 is 14.8 Å². The lowest BCUT2D eigenvalue weighted by Crippen LogP contribution is -1.97. The number of rotatable bonds is 2. The molecule has 1 aliphatic heterocycles. The number of nitrogens with one attached hydrogen (secondary N) is 1. The van der Waals surface area contributed by atoms with Crippen LogP contribution in [0.4, 0.5) is 5.69 Å². The van der Waals surface area contributed by atoms with Crippen molar-refractivity contribution < 1.29 is 14.3 Å². The average Bonchev–Trinajstić information content (AvgIpc) is 2.57. The Hall–Kier alpha value is -1.71. The first-order valence-corrected chi connectivity index (χ1v) is 5.50. The summed E-state index contributed by atoms with van der Waals surface area (Å²) in [6.45, 7) is 5.32. The third-order valence-corrected chi connectivity index (χ3v) is 1.97. The molecule has 0 saturated carbocycles. The largest absolute Gasteiger partial charge is 0.490 e. The van der Waals surface area contributed by atoms with Crippen molar-refractivity contribution >= 4 is 12.1 Å². The highest BCUT2D eigenvalue weighted by Crippen LogP contribution is 2.31. The second-order valence-corrected chi connectivity index (χ2v) is 2.97. The van der Waals surface area contributed by atoms with Gasteiger partial charge in [-0.3, -0.25) is 4.79 Å². The van der Waals surface area contributed by atoms with Crippen LogP contribution >= 0.6 is 0 Å². The molecule has 2 rings (SSSR count). The molecule has 0 radical (unpaired) electrons. The van der Waals surface area contributed by atoms with Crippen LogP contribution in [0.25, 0.3) is 0 Å². The molecule has 1 aromatic carbocycles. The molecule has 1 heterocycles. The Labute approximate surface area is 95.6 Å². The van der Waals surface area contributed by atoms with Crippen LogP contribution in [0, 0.1) is 0 Å². The molecule has 4 heteroatoms. The molecule has 0 aliphatic carbocycles. The lowest BCUT2D eigenvalue weighted by atomic mass is 10.3. The summed E-state index contributed by atoms with van der Waals surface area (Å²) in [5, 5.41) is 2.56. The molecule has 16 heavy (non-hydrogen) atoms. The van der Waals surface area contributed by atoms with Crippen LogP contribution in [0.3, 0.4) is 0 Å². The molecule has 1 amide bonds. The van der Waals surface area contributed by atoms with E-state index < -0.39 is 0 Å². The molecule has 0 spiro atoms. The number of ether oxygens (including phenoxy) is 2. The van der Waals surface area contributed by atoms with Gasteiger partial charge in [0.1, 0.15) is 0 Å². The highest BCUT2D eigenvalue weighted by Gasteiger charge is 2.09. The molecule has 0 unspecified atom stereocenters. The highest BCUT2D eigenvalue weighted by molar-refractivity contribution is 5.72.